The van der Waals surface area contributed by atoms with Gasteiger partial charge in [0.15, 0.2) is 0 Å². The van der Waals surface area contributed by atoms with Crippen molar-refractivity contribution in [3.05, 3.63) is 0 Å². The summed E-state index contributed by atoms with van der Waals surface area (Å²) in [5, 5.41) is 3.15. The Kier molecular flexibility index (Phi) is 2.60. The summed E-state index contributed by atoms with van der Waals surface area (Å²) < 4.78 is 0. The van der Waals surface area contributed by atoms with Crippen molar-refractivity contribution in [2.24, 2.45) is 0 Å². The van der Waals surface area contributed by atoms with Crippen molar-refractivity contribution in [3.8, 4) is 0 Å². The van der Waals surface area contributed by atoms with Crippen LogP contribution in [0.15, 0.2) is 0 Å². The van der Waals surface area contributed by atoms with E-state index in [2.05, 4.69) is 21.2 Å². The zero-order valence-corrected chi connectivity index (χ0v) is 6.87. The molecule has 48 valence electrons. The molecule has 0 aromatic rings. The molecule has 1 aliphatic heterocycles. The second kappa shape index (κ2) is 3.04. The van der Waals surface area contributed by atoms with Gasteiger partial charge in [0.1, 0.15) is 0 Å². The van der Waals surface area contributed by atoms with Crippen molar-refractivity contribution in [3.63, 3.8) is 0 Å². The van der Waals surface area contributed by atoms with Gasteiger partial charge in [0.05, 0.1) is 5.50 Å². The molecule has 1 nitrogen and oxygen atoms in total. The molecular weight excluding hydrogens is 189 g/mol. The van der Waals surface area contributed by atoms with Gasteiger partial charge in [0.2, 0.25) is 0 Å². The van der Waals surface area contributed by atoms with Crippen LogP contribution in [0.1, 0.15) is 12.8 Å². The van der Waals surface area contributed by atoms with Gasteiger partial charge in [-0.1, -0.05) is 15.9 Å². The summed E-state index contributed by atoms with van der Waals surface area (Å²) in [6, 6.07) is 0. The Morgan fingerprint density at radius 2 is 2.38 bits per heavy atom. The zero-order chi connectivity index (χ0) is 5.98. The van der Waals surface area contributed by atoms with Crippen LogP contribution in [0.3, 0.4) is 0 Å². The molecule has 0 spiro atoms. The molecule has 3 heteroatoms. The smallest absolute Gasteiger partial charge is 0.0836 e. The average Bonchev–Trinajstić information content (AvgIpc) is 1.64. The molecule has 1 aliphatic rings. The van der Waals surface area contributed by atoms with Crippen molar-refractivity contribution >= 4 is 27.5 Å². The van der Waals surface area contributed by atoms with Gasteiger partial charge in [0, 0.05) is 4.83 Å². The quantitative estimate of drug-likeness (QED) is 0.461. The van der Waals surface area contributed by atoms with E-state index in [1.54, 1.807) is 0 Å². The first-order valence-electron chi connectivity index (χ1n) is 2.80. The Labute approximate surface area is 62.9 Å². The Balaban J connectivity index is 2.23. The molecule has 0 radical (unpaired) electrons. The fourth-order valence-electron chi connectivity index (χ4n) is 0.822. The molecule has 0 amide bonds. The van der Waals surface area contributed by atoms with E-state index in [0.29, 0.717) is 4.83 Å². The van der Waals surface area contributed by atoms with Crippen LogP contribution in [0.25, 0.3) is 0 Å². The van der Waals surface area contributed by atoms with E-state index >= 15 is 0 Å². The van der Waals surface area contributed by atoms with Gasteiger partial charge in [-0.25, -0.2) is 0 Å². The lowest BCUT2D eigenvalue weighted by Gasteiger charge is -2.21. The monoisotopic (exact) mass is 197 g/mol. The van der Waals surface area contributed by atoms with E-state index in [1.165, 1.54) is 6.42 Å². The lowest BCUT2D eigenvalue weighted by atomic mass is 10.2. The fraction of sp³-hybridized carbons (Fsp3) is 1.00. The molecule has 0 saturated carbocycles. The topological polar surface area (TPSA) is 12.0 Å². The standard InChI is InChI=1S/C5H9BrClN/c6-4-1-2-8-5(7)3-4/h4-5,8H,1-3H2. The molecule has 1 rings (SSSR count). The van der Waals surface area contributed by atoms with Crippen molar-refractivity contribution < 1.29 is 0 Å². The lowest BCUT2D eigenvalue weighted by Crippen LogP contribution is -2.34. The van der Waals surface area contributed by atoms with Crippen LogP contribution >= 0.6 is 27.5 Å². The van der Waals surface area contributed by atoms with E-state index in [4.69, 9.17) is 11.6 Å². The van der Waals surface area contributed by atoms with E-state index < -0.39 is 0 Å². The number of alkyl halides is 2. The van der Waals surface area contributed by atoms with Crippen LogP contribution in [0.4, 0.5) is 0 Å². The van der Waals surface area contributed by atoms with Crippen LogP contribution < -0.4 is 5.32 Å². The molecule has 1 heterocycles. The maximum absolute atomic E-state index is 5.77. The second-order valence-corrected chi connectivity index (χ2v) is 3.87. The number of hydrogen-bond donors (Lipinski definition) is 1. The maximum Gasteiger partial charge on any atom is 0.0836 e. The SMILES string of the molecule is ClC1CC(Br)CCN1. The molecule has 8 heavy (non-hydrogen) atoms. The minimum atomic E-state index is 0.188. The van der Waals surface area contributed by atoms with Gasteiger partial charge < -0.3 is 5.32 Å². The third kappa shape index (κ3) is 1.92. The van der Waals surface area contributed by atoms with Gasteiger partial charge in [-0.2, -0.15) is 0 Å². The molecule has 0 aromatic carbocycles. The Morgan fingerprint density at radius 1 is 1.62 bits per heavy atom. The van der Waals surface area contributed by atoms with E-state index in [9.17, 15) is 0 Å². The van der Waals surface area contributed by atoms with Crippen LogP contribution in [-0.4, -0.2) is 16.9 Å². The molecule has 2 unspecified atom stereocenters. The molecule has 0 aromatic heterocycles. The highest BCUT2D eigenvalue weighted by Crippen LogP contribution is 2.17. The van der Waals surface area contributed by atoms with Gasteiger partial charge in [-0.05, 0) is 19.4 Å². The first-order chi connectivity index (χ1) is 3.79. The fourth-order valence-corrected chi connectivity index (χ4v) is 1.96. The largest absolute Gasteiger partial charge is 0.301 e. The maximum atomic E-state index is 5.77. The minimum absolute atomic E-state index is 0.188. The Morgan fingerprint density at radius 3 is 2.75 bits per heavy atom. The number of halogens is 2. The summed E-state index contributed by atoms with van der Waals surface area (Å²) in [6.45, 7) is 1.05. The Hall–Kier alpha value is 0.730. The highest BCUT2D eigenvalue weighted by atomic mass is 79.9. The highest BCUT2D eigenvalue weighted by molar-refractivity contribution is 9.09. The summed E-state index contributed by atoms with van der Waals surface area (Å²) in [7, 11) is 0. The number of hydrogen-bond acceptors (Lipinski definition) is 1. The molecule has 2 atom stereocenters. The highest BCUT2D eigenvalue weighted by Gasteiger charge is 2.15. The normalized spacial score (nSPS) is 39.8. The van der Waals surface area contributed by atoms with Crippen LogP contribution in [0.5, 0.6) is 0 Å². The van der Waals surface area contributed by atoms with Gasteiger partial charge in [-0.15, -0.1) is 11.6 Å². The number of piperidine rings is 1. The minimum Gasteiger partial charge on any atom is -0.301 e. The van der Waals surface area contributed by atoms with E-state index in [0.717, 1.165) is 13.0 Å². The van der Waals surface area contributed by atoms with Crippen LogP contribution in [0.2, 0.25) is 0 Å². The molecule has 1 saturated heterocycles. The van der Waals surface area contributed by atoms with E-state index in [-0.39, 0.29) is 5.50 Å². The molecule has 0 bridgehead atoms. The lowest BCUT2D eigenvalue weighted by molar-refractivity contribution is 0.501. The summed E-state index contributed by atoms with van der Waals surface area (Å²) in [4.78, 5) is 0.631. The predicted octanol–water partition coefficient (Wildman–Crippen LogP) is 1.70. The van der Waals surface area contributed by atoms with E-state index in [1.807, 2.05) is 0 Å². The van der Waals surface area contributed by atoms with Crippen molar-refractivity contribution in [2.45, 2.75) is 23.2 Å². The average molecular weight is 198 g/mol. The number of rotatable bonds is 0. The first-order valence-corrected chi connectivity index (χ1v) is 4.16. The van der Waals surface area contributed by atoms with Crippen molar-refractivity contribution in [1.29, 1.82) is 0 Å². The summed E-state index contributed by atoms with van der Waals surface area (Å²) in [5.74, 6) is 0. The van der Waals surface area contributed by atoms with Gasteiger partial charge in [-0.3, -0.25) is 0 Å². The van der Waals surface area contributed by atoms with Crippen molar-refractivity contribution in [1.82, 2.24) is 5.32 Å². The molecule has 1 N–H and O–H groups in total. The van der Waals surface area contributed by atoms with Gasteiger partial charge in [0.25, 0.3) is 0 Å². The number of nitrogens with one attached hydrogen (secondary N) is 1. The van der Waals surface area contributed by atoms with Crippen LogP contribution in [-0.2, 0) is 0 Å². The van der Waals surface area contributed by atoms with Crippen molar-refractivity contribution in [2.75, 3.05) is 6.54 Å². The first kappa shape index (κ1) is 6.84. The summed E-state index contributed by atoms with van der Waals surface area (Å²) >= 11 is 9.27. The summed E-state index contributed by atoms with van der Waals surface area (Å²) in [5.41, 5.74) is 0.188. The zero-order valence-electron chi connectivity index (χ0n) is 4.53. The Bertz CT molecular complexity index is 70.8. The second-order valence-electron chi connectivity index (χ2n) is 2.04. The molecule has 0 aliphatic carbocycles. The summed E-state index contributed by atoms with van der Waals surface area (Å²) in [6.07, 6.45) is 2.24. The van der Waals surface area contributed by atoms with Gasteiger partial charge >= 0.3 is 0 Å². The third-order valence-corrected chi connectivity index (χ3v) is 2.45. The molecule has 1 fully saturated rings. The molecular formula is C5H9BrClN. The predicted molar refractivity (Wildman–Crippen MR) is 39.6 cm³/mol. The van der Waals surface area contributed by atoms with Crippen LogP contribution in [0, 0.1) is 0 Å². The third-order valence-electron chi connectivity index (χ3n) is 1.29.